The number of hydrogen-bond donors (Lipinski definition) is 3. The molecule has 6 nitrogen and oxygen atoms in total. The van der Waals surface area contributed by atoms with Gasteiger partial charge in [0.1, 0.15) is 0 Å². The van der Waals surface area contributed by atoms with Crippen LogP contribution >= 0.6 is 0 Å². The van der Waals surface area contributed by atoms with Crippen molar-refractivity contribution in [1.82, 2.24) is 5.43 Å². The Balaban J connectivity index is 2.91. The molecule has 0 aliphatic carbocycles. The van der Waals surface area contributed by atoms with Gasteiger partial charge >= 0.3 is 12.0 Å². The number of carboxylic acid groups (broad SMARTS) is 1. The fourth-order valence-corrected chi connectivity index (χ4v) is 1.10. The number of carbonyl (C=O) groups excluding carboxylic acids is 1. The lowest BCUT2D eigenvalue weighted by Gasteiger charge is -2.03. The number of amides is 2. The Morgan fingerprint density at radius 3 is 2.44 bits per heavy atom. The van der Waals surface area contributed by atoms with E-state index in [-0.39, 0.29) is 12.1 Å². The molecule has 0 saturated heterocycles. The molecule has 6 heteroatoms. The molecule has 0 bridgehead atoms. The third-order valence-electron chi connectivity index (χ3n) is 1.73. The second kappa shape index (κ2) is 5.50. The van der Waals surface area contributed by atoms with E-state index >= 15 is 0 Å². The van der Waals surface area contributed by atoms with Gasteiger partial charge in [-0.15, -0.1) is 0 Å². The van der Waals surface area contributed by atoms with Gasteiger partial charge in [0.15, 0.2) is 0 Å². The predicted molar refractivity (Wildman–Crippen MR) is 58.0 cm³/mol. The highest BCUT2D eigenvalue weighted by Crippen LogP contribution is 2.04. The smallest absolute Gasteiger partial charge is 0.332 e. The highest BCUT2D eigenvalue weighted by Gasteiger charge is 2.08. The van der Waals surface area contributed by atoms with E-state index < -0.39 is 12.0 Å². The molecule has 0 fully saturated rings. The van der Waals surface area contributed by atoms with Crippen molar-refractivity contribution in [3.8, 4) is 0 Å². The normalized spacial score (nSPS) is 10.9. The SMILES string of the molecule is NC(=O)N/N=C(/CC(=O)O)c1ccccc1. The van der Waals surface area contributed by atoms with Crippen molar-refractivity contribution in [2.24, 2.45) is 10.8 Å². The van der Waals surface area contributed by atoms with Gasteiger partial charge < -0.3 is 10.8 Å². The first kappa shape index (κ1) is 11.7. The molecular formula is C10H11N3O3. The van der Waals surface area contributed by atoms with Crippen molar-refractivity contribution in [2.75, 3.05) is 0 Å². The summed E-state index contributed by atoms with van der Waals surface area (Å²) in [5.74, 6) is -1.03. The van der Waals surface area contributed by atoms with E-state index in [1.54, 1.807) is 30.3 Å². The van der Waals surface area contributed by atoms with Gasteiger partial charge in [-0.05, 0) is 5.56 Å². The summed E-state index contributed by atoms with van der Waals surface area (Å²) in [6.07, 6.45) is -0.287. The van der Waals surface area contributed by atoms with E-state index in [1.807, 2.05) is 5.43 Å². The molecule has 0 heterocycles. The molecule has 0 radical (unpaired) electrons. The largest absolute Gasteiger partial charge is 0.481 e. The zero-order chi connectivity index (χ0) is 12.0. The first-order valence-electron chi connectivity index (χ1n) is 4.49. The van der Waals surface area contributed by atoms with Crippen molar-refractivity contribution in [1.29, 1.82) is 0 Å². The Labute approximate surface area is 91.8 Å². The minimum Gasteiger partial charge on any atom is -0.481 e. The molecule has 16 heavy (non-hydrogen) atoms. The lowest BCUT2D eigenvalue weighted by Crippen LogP contribution is -2.26. The van der Waals surface area contributed by atoms with Crippen molar-refractivity contribution in [3.63, 3.8) is 0 Å². The monoisotopic (exact) mass is 221 g/mol. The molecule has 2 amide bonds. The van der Waals surface area contributed by atoms with Gasteiger partial charge in [-0.3, -0.25) is 4.79 Å². The lowest BCUT2D eigenvalue weighted by atomic mass is 10.1. The number of carboxylic acids is 1. The maximum absolute atomic E-state index is 10.6. The van der Waals surface area contributed by atoms with Gasteiger partial charge in [-0.25, -0.2) is 10.2 Å². The van der Waals surface area contributed by atoms with Gasteiger partial charge in [0.2, 0.25) is 0 Å². The van der Waals surface area contributed by atoms with Crippen LogP contribution in [0, 0.1) is 0 Å². The van der Waals surface area contributed by atoms with Crippen LogP contribution in [0.15, 0.2) is 35.4 Å². The average molecular weight is 221 g/mol. The fraction of sp³-hybridized carbons (Fsp3) is 0.100. The first-order chi connectivity index (χ1) is 7.59. The summed E-state index contributed by atoms with van der Waals surface area (Å²) in [6, 6.07) is 7.85. The molecule has 0 aliphatic rings. The Kier molecular flexibility index (Phi) is 4.02. The van der Waals surface area contributed by atoms with Crippen molar-refractivity contribution >= 4 is 17.7 Å². The van der Waals surface area contributed by atoms with Crippen LogP contribution in [0.3, 0.4) is 0 Å². The number of aliphatic carboxylic acids is 1. The molecule has 1 rings (SSSR count). The Morgan fingerprint density at radius 2 is 1.94 bits per heavy atom. The Morgan fingerprint density at radius 1 is 1.31 bits per heavy atom. The van der Waals surface area contributed by atoms with Gasteiger partial charge in [0, 0.05) is 0 Å². The number of rotatable bonds is 4. The summed E-state index contributed by atoms with van der Waals surface area (Å²) >= 11 is 0. The molecule has 4 N–H and O–H groups in total. The zero-order valence-corrected chi connectivity index (χ0v) is 8.38. The number of carbonyl (C=O) groups is 2. The van der Waals surface area contributed by atoms with E-state index in [2.05, 4.69) is 5.10 Å². The fourth-order valence-electron chi connectivity index (χ4n) is 1.10. The third-order valence-corrected chi connectivity index (χ3v) is 1.73. The van der Waals surface area contributed by atoms with Crippen LogP contribution in [-0.2, 0) is 4.79 Å². The quantitative estimate of drug-likeness (QED) is 0.510. The van der Waals surface area contributed by atoms with E-state index in [0.29, 0.717) is 5.56 Å². The van der Waals surface area contributed by atoms with Crippen molar-refractivity contribution < 1.29 is 14.7 Å². The molecule has 0 aliphatic heterocycles. The summed E-state index contributed by atoms with van der Waals surface area (Å²) in [5, 5.41) is 12.3. The Bertz CT molecular complexity index is 415. The number of benzene rings is 1. The molecule has 0 unspecified atom stereocenters. The van der Waals surface area contributed by atoms with Gasteiger partial charge in [-0.1, -0.05) is 30.3 Å². The molecule has 84 valence electrons. The van der Waals surface area contributed by atoms with Crippen LogP contribution in [0.4, 0.5) is 4.79 Å². The minimum absolute atomic E-state index is 0.243. The molecule has 0 atom stereocenters. The second-order valence-electron chi connectivity index (χ2n) is 2.97. The first-order valence-corrected chi connectivity index (χ1v) is 4.49. The molecule has 0 aromatic heterocycles. The summed E-state index contributed by atoms with van der Waals surface area (Å²) in [4.78, 5) is 21.1. The maximum atomic E-state index is 10.6. The lowest BCUT2D eigenvalue weighted by molar-refractivity contribution is -0.135. The summed E-state index contributed by atoms with van der Waals surface area (Å²) in [7, 11) is 0. The topological polar surface area (TPSA) is 105 Å². The number of nitrogens with one attached hydrogen (secondary N) is 1. The third kappa shape index (κ3) is 3.79. The van der Waals surface area contributed by atoms with Crippen LogP contribution in [0.25, 0.3) is 0 Å². The van der Waals surface area contributed by atoms with Crippen LogP contribution in [0.2, 0.25) is 0 Å². The Hall–Kier alpha value is -2.37. The van der Waals surface area contributed by atoms with E-state index in [4.69, 9.17) is 10.8 Å². The number of nitrogens with two attached hydrogens (primary N) is 1. The number of hydrazone groups is 1. The predicted octanol–water partition coefficient (Wildman–Crippen LogP) is 0.534. The number of urea groups is 1. The second-order valence-corrected chi connectivity index (χ2v) is 2.97. The standard InChI is InChI=1S/C10H11N3O3/c11-10(16)13-12-8(6-9(14)15)7-4-2-1-3-5-7/h1-5H,6H2,(H,14,15)(H3,11,13,16)/b12-8-. The molecule has 1 aromatic carbocycles. The minimum atomic E-state index is -1.03. The summed E-state index contributed by atoms with van der Waals surface area (Å²) in [5.41, 5.74) is 7.72. The van der Waals surface area contributed by atoms with E-state index in [9.17, 15) is 9.59 Å². The highest BCUT2D eigenvalue weighted by molar-refractivity contribution is 6.09. The van der Waals surface area contributed by atoms with Crippen LogP contribution in [-0.4, -0.2) is 22.8 Å². The van der Waals surface area contributed by atoms with Gasteiger partial charge in [0.25, 0.3) is 0 Å². The van der Waals surface area contributed by atoms with E-state index in [0.717, 1.165) is 0 Å². The van der Waals surface area contributed by atoms with Crippen molar-refractivity contribution in [3.05, 3.63) is 35.9 Å². The van der Waals surface area contributed by atoms with Crippen LogP contribution < -0.4 is 11.2 Å². The van der Waals surface area contributed by atoms with Crippen molar-refractivity contribution in [2.45, 2.75) is 6.42 Å². The van der Waals surface area contributed by atoms with Gasteiger partial charge in [-0.2, -0.15) is 5.10 Å². The number of nitrogens with zero attached hydrogens (tertiary/aromatic N) is 1. The number of primary amides is 1. The molecule has 0 spiro atoms. The van der Waals surface area contributed by atoms with Crippen LogP contribution in [0.1, 0.15) is 12.0 Å². The van der Waals surface area contributed by atoms with Crippen LogP contribution in [0.5, 0.6) is 0 Å². The zero-order valence-electron chi connectivity index (χ0n) is 8.38. The summed E-state index contributed by atoms with van der Waals surface area (Å²) in [6.45, 7) is 0. The average Bonchev–Trinajstić information content (AvgIpc) is 2.25. The number of hydrogen-bond acceptors (Lipinski definition) is 3. The maximum Gasteiger partial charge on any atom is 0.332 e. The molecule has 0 saturated carbocycles. The summed E-state index contributed by atoms with van der Waals surface area (Å²) < 4.78 is 0. The molecular weight excluding hydrogens is 210 g/mol. The van der Waals surface area contributed by atoms with E-state index in [1.165, 1.54) is 0 Å². The van der Waals surface area contributed by atoms with Gasteiger partial charge in [0.05, 0.1) is 12.1 Å². The highest BCUT2D eigenvalue weighted by atomic mass is 16.4. The molecule has 1 aromatic rings.